The van der Waals surface area contributed by atoms with Crippen molar-refractivity contribution in [2.75, 3.05) is 0 Å². The first-order valence-electron chi connectivity index (χ1n) is 9.92. The summed E-state index contributed by atoms with van der Waals surface area (Å²) in [6.45, 7) is 7.42. The lowest BCUT2D eigenvalue weighted by Crippen LogP contribution is -2.56. The number of nitrogens with two attached hydrogens (primary N) is 1. The average Bonchev–Trinajstić information content (AvgIpc) is 2.65. The van der Waals surface area contributed by atoms with Gasteiger partial charge in [0.25, 0.3) is 0 Å². The van der Waals surface area contributed by atoms with Crippen LogP contribution in [0.15, 0.2) is 24.3 Å². The van der Waals surface area contributed by atoms with Crippen molar-refractivity contribution >= 4 is 17.8 Å². The van der Waals surface area contributed by atoms with Crippen LogP contribution in [0.1, 0.15) is 46.1 Å². The number of aliphatic carboxylic acids is 1. The molecule has 0 aromatic heterocycles. The smallest absolute Gasteiger partial charge is 0.326 e. The molecule has 1 rings (SSSR count). The molecule has 4 atom stereocenters. The highest BCUT2D eigenvalue weighted by Gasteiger charge is 2.30. The van der Waals surface area contributed by atoms with Crippen molar-refractivity contribution in [3.05, 3.63) is 29.8 Å². The maximum atomic E-state index is 12.7. The number of carboxylic acid groups (broad SMARTS) is 1. The third-order valence-electron chi connectivity index (χ3n) is 4.85. The molecule has 2 amide bonds. The van der Waals surface area contributed by atoms with Gasteiger partial charge < -0.3 is 26.6 Å². The minimum atomic E-state index is -1.11. The van der Waals surface area contributed by atoms with Gasteiger partial charge >= 0.3 is 5.97 Å². The Kier molecular flexibility index (Phi) is 9.61. The Balaban J connectivity index is 2.82. The molecule has 29 heavy (non-hydrogen) atoms. The Bertz CT molecular complexity index is 690. The number of phenolic OH excluding ortho intramolecular Hbond substituents is 1. The molecule has 0 spiro atoms. The van der Waals surface area contributed by atoms with Gasteiger partial charge in [0, 0.05) is 0 Å². The van der Waals surface area contributed by atoms with Crippen molar-refractivity contribution in [1.82, 2.24) is 10.6 Å². The maximum Gasteiger partial charge on any atom is 0.326 e. The molecule has 0 aliphatic carbocycles. The van der Waals surface area contributed by atoms with Crippen LogP contribution in [-0.2, 0) is 20.8 Å². The number of benzene rings is 1. The molecule has 0 aliphatic rings. The van der Waals surface area contributed by atoms with Crippen molar-refractivity contribution in [1.29, 1.82) is 0 Å². The Morgan fingerprint density at radius 3 is 2.10 bits per heavy atom. The Labute approximate surface area is 171 Å². The second-order valence-corrected chi connectivity index (χ2v) is 7.88. The molecule has 1 aromatic carbocycles. The largest absolute Gasteiger partial charge is 0.508 e. The highest BCUT2D eigenvalue weighted by atomic mass is 16.4. The fourth-order valence-electron chi connectivity index (χ4n) is 2.90. The predicted molar refractivity (Wildman–Crippen MR) is 110 cm³/mol. The van der Waals surface area contributed by atoms with Crippen LogP contribution >= 0.6 is 0 Å². The minimum Gasteiger partial charge on any atom is -0.508 e. The summed E-state index contributed by atoms with van der Waals surface area (Å²) in [7, 11) is 0. The van der Waals surface area contributed by atoms with Gasteiger partial charge in [-0.2, -0.15) is 0 Å². The number of phenols is 1. The topological polar surface area (TPSA) is 142 Å². The quantitative estimate of drug-likeness (QED) is 0.375. The second-order valence-electron chi connectivity index (χ2n) is 7.88. The molecule has 8 heteroatoms. The van der Waals surface area contributed by atoms with E-state index in [0.717, 1.165) is 5.56 Å². The second kappa shape index (κ2) is 11.4. The molecule has 0 saturated carbocycles. The lowest BCUT2D eigenvalue weighted by molar-refractivity contribution is -0.143. The fraction of sp³-hybridized carbons (Fsp3) is 0.571. The van der Waals surface area contributed by atoms with Gasteiger partial charge in [0.1, 0.15) is 17.8 Å². The maximum absolute atomic E-state index is 12.7. The predicted octanol–water partition coefficient (Wildman–Crippen LogP) is 1.41. The summed E-state index contributed by atoms with van der Waals surface area (Å²) in [5.41, 5.74) is 6.76. The van der Waals surface area contributed by atoms with Crippen molar-refractivity contribution in [2.24, 2.45) is 17.6 Å². The molecule has 0 radical (unpaired) electrons. The number of aromatic hydroxyl groups is 1. The SMILES string of the molecule is CC[C@H](C)[C@H](NC(=O)[C@H](CC(C)C)NC(=O)[C@@H](N)Cc1ccc(O)cc1)C(=O)O. The van der Waals surface area contributed by atoms with Crippen LogP contribution in [0.25, 0.3) is 0 Å². The molecule has 162 valence electrons. The summed E-state index contributed by atoms with van der Waals surface area (Å²) in [4.78, 5) is 36.7. The van der Waals surface area contributed by atoms with Crippen LogP contribution in [0.5, 0.6) is 5.75 Å². The van der Waals surface area contributed by atoms with E-state index in [4.69, 9.17) is 5.73 Å². The van der Waals surface area contributed by atoms with E-state index in [0.29, 0.717) is 12.8 Å². The zero-order chi connectivity index (χ0) is 22.1. The molecular formula is C21H33N3O5. The van der Waals surface area contributed by atoms with E-state index in [1.54, 1.807) is 19.1 Å². The standard InChI is InChI=1S/C21H33N3O5/c1-5-13(4)18(21(28)29)24-20(27)17(10-12(2)3)23-19(26)16(22)11-14-6-8-15(25)9-7-14/h6-9,12-13,16-18,25H,5,10-11,22H2,1-4H3,(H,23,26)(H,24,27)(H,28,29)/t13-,16-,17-,18-/m0/s1. The monoisotopic (exact) mass is 407 g/mol. The van der Waals surface area contributed by atoms with Crippen molar-refractivity contribution < 1.29 is 24.6 Å². The molecule has 0 unspecified atom stereocenters. The van der Waals surface area contributed by atoms with Crippen LogP contribution in [0.4, 0.5) is 0 Å². The van der Waals surface area contributed by atoms with Crippen molar-refractivity contribution in [2.45, 2.75) is 65.1 Å². The first-order valence-corrected chi connectivity index (χ1v) is 9.92. The third-order valence-corrected chi connectivity index (χ3v) is 4.85. The molecule has 0 saturated heterocycles. The molecule has 0 bridgehead atoms. The Morgan fingerprint density at radius 2 is 1.62 bits per heavy atom. The molecule has 0 fully saturated rings. The third kappa shape index (κ3) is 8.11. The molecular weight excluding hydrogens is 374 g/mol. The van der Waals surface area contributed by atoms with Gasteiger partial charge in [-0.3, -0.25) is 9.59 Å². The van der Waals surface area contributed by atoms with E-state index in [9.17, 15) is 24.6 Å². The normalized spacial score (nSPS) is 15.2. The Hall–Kier alpha value is -2.61. The summed E-state index contributed by atoms with van der Waals surface area (Å²) in [5, 5.41) is 23.9. The van der Waals surface area contributed by atoms with E-state index in [2.05, 4.69) is 10.6 Å². The highest BCUT2D eigenvalue weighted by Crippen LogP contribution is 2.13. The van der Waals surface area contributed by atoms with Crippen molar-refractivity contribution in [3.8, 4) is 5.75 Å². The zero-order valence-corrected chi connectivity index (χ0v) is 17.5. The fourth-order valence-corrected chi connectivity index (χ4v) is 2.90. The lowest BCUT2D eigenvalue weighted by Gasteiger charge is -2.26. The van der Waals surface area contributed by atoms with Crippen LogP contribution in [0.3, 0.4) is 0 Å². The summed E-state index contributed by atoms with van der Waals surface area (Å²) < 4.78 is 0. The van der Waals surface area contributed by atoms with Crippen molar-refractivity contribution in [3.63, 3.8) is 0 Å². The number of nitrogens with one attached hydrogen (secondary N) is 2. The first-order chi connectivity index (χ1) is 13.5. The van der Waals surface area contributed by atoms with Gasteiger partial charge in [0.2, 0.25) is 11.8 Å². The van der Waals surface area contributed by atoms with Gasteiger partial charge in [0.15, 0.2) is 0 Å². The number of hydrogen-bond donors (Lipinski definition) is 5. The van der Waals surface area contributed by atoms with E-state index >= 15 is 0 Å². The summed E-state index contributed by atoms with van der Waals surface area (Å²) in [5.74, 6) is -2.15. The van der Waals surface area contributed by atoms with Crippen LogP contribution in [0.2, 0.25) is 0 Å². The van der Waals surface area contributed by atoms with Gasteiger partial charge in [-0.25, -0.2) is 4.79 Å². The van der Waals surface area contributed by atoms with Crippen LogP contribution in [-0.4, -0.2) is 46.1 Å². The van der Waals surface area contributed by atoms with Crippen LogP contribution in [0, 0.1) is 11.8 Å². The lowest BCUT2D eigenvalue weighted by atomic mass is 9.97. The van der Waals surface area contributed by atoms with E-state index < -0.39 is 35.9 Å². The number of carboxylic acids is 1. The first kappa shape index (κ1) is 24.4. The number of carbonyl (C=O) groups is 3. The van der Waals surface area contributed by atoms with Gasteiger partial charge in [-0.1, -0.05) is 46.2 Å². The molecule has 1 aromatic rings. The number of carbonyl (C=O) groups excluding carboxylic acids is 2. The molecule has 0 heterocycles. The zero-order valence-electron chi connectivity index (χ0n) is 17.5. The van der Waals surface area contributed by atoms with Gasteiger partial charge in [-0.05, 0) is 42.4 Å². The number of hydrogen-bond acceptors (Lipinski definition) is 5. The van der Waals surface area contributed by atoms with E-state index in [1.165, 1.54) is 12.1 Å². The van der Waals surface area contributed by atoms with Gasteiger partial charge in [0.05, 0.1) is 6.04 Å². The van der Waals surface area contributed by atoms with Crippen LogP contribution < -0.4 is 16.4 Å². The number of amides is 2. The van der Waals surface area contributed by atoms with Gasteiger partial charge in [-0.15, -0.1) is 0 Å². The average molecular weight is 408 g/mol. The molecule has 0 aliphatic heterocycles. The summed E-state index contributed by atoms with van der Waals surface area (Å²) in [6, 6.07) is 3.58. The molecule has 6 N–H and O–H groups in total. The van der Waals surface area contributed by atoms with E-state index in [1.807, 2.05) is 20.8 Å². The number of rotatable bonds is 11. The van der Waals surface area contributed by atoms with E-state index in [-0.39, 0.29) is 24.0 Å². The highest BCUT2D eigenvalue weighted by molar-refractivity contribution is 5.91. The molecule has 8 nitrogen and oxygen atoms in total. The minimum absolute atomic E-state index is 0.103. The summed E-state index contributed by atoms with van der Waals surface area (Å²) in [6.07, 6.45) is 1.19. The Morgan fingerprint density at radius 1 is 1.03 bits per heavy atom. The summed E-state index contributed by atoms with van der Waals surface area (Å²) >= 11 is 0.